The number of alkyl halides is 2. The first-order valence-electron chi connectivity index (χ1n) is 11.8. The Balaban J connectivity index is 2.01. The second-order valence-corrected chi connectivity index (χ2v) is 8.56. The minimum Gasteiger partial charge on any atom is -0.381 e. The van der Waals surface area contributed by atoms with Crippen LogP contribution in [-0.4, -0.2) is 55.3 Å². The number of hydrogen-bond donors (Lipinski definition) is 2. The number of benzene rings is 1. The van der Waals surface area contributed by atoms with Gasteiger partial charge in [-0.25, -0.2) is 18.2 Å². The largest absolute Gasteiger partial charge is 0.381 e. The van der Waals surface area contributed by atoms with Crippen LogP contribution < -0.4 is 20.9 Å². The Morgan fingerprint density at radius 2 is 1.91 bits per heavy atom. The number of nitrogens with one attached hydrogen (secondary N) is 1. The van der Waals surface area contributed by atoms with Gasteiger partial charge in [0.15, 0.2) is 5.82 Å². The molecule has 2 heterocycles. The second kappa shape index (κ2) is 11.7. The monoisotopic (exact) mass is 480 g/mol. The first-order chi connectivity index (χ1) is 16.2. The van der Waals surface area contributed by atoms with E-state index >= 15 is 0 Å². The topological polar surface area (TPSA) is 79.5 Å². The van der Waals surface area contributed by atoms with Gasteiger partial charge in [-0.3, -0.25) is 0 Å². The summed E-state index contributed by atoms with van der Waals surface area (Å²) in [5.74, 6) is 0.444. The summed E-state index contributed by atoms with van der Waals surface area (Å²) >= 11 is 0. The van der Waals surface area contributed by atoms with Crippen molar-refractivity contribution in [1.29, 1.82) is 0 Å². The number of halogens is 3. The van der Waals surface area contributed by atoms with Crippen LogP contribution in [0.4, 0.5) is 36.3 Å². The molecule has 0 aliphatic carbocycles. The van der Waals surface area contributed by atoms with Crippen molar-refractivity contribution in [2.24, 2.45) is 5.73 Å². The zero-order valence-electron chi connectivity index (χ0n) is 20.3. The fourth-order valence-electron chi connectivity index (χ4n) is 4.31. The predicted octanol–water partition coefficient (Wildman–Crippen LogP) is 4.78. The van der Waals surface area contributed by atoms with Crippen molar-refractivity contribution in [2.75, 3.05) is 48.0 Å². The first-order valence-corrected chi connectivity index (χ1v) is 11.8. The minimum atomic E-state index is -2.49. The normalized spacial score (nSPS) is 15.4. The van der Waals surface area contributed by atoms with E-state index in [1.807, 2.05) is 20.8 Å². The van der Waals surface area contributed by atoms with Gasteiger partial charge in [0.05, 0.1) is 18.4 Å². The van der Waals surface area contributed by atoms with Gasteiger partial charge in [-0.1, -0.05) is 0 Å². The highest BCUT2D eigenvalue weighted by atomic mass is 19.3. The molecule has 1 saturated heterocycles. The summed E-state index contributed by atoms with van der Waals surface area (Å²) in [5.41, 5.74) is 8.17. The molecule has 3 rings (SSSR count). The Bertz CT molecular complexity index is 953. The third-order valence-electron chi connectivity index (χ3n) is 6.16. The molecule has 0 spiro atoms. The van der Waals surface area contributed by atoms with Gasteiger partial charge in [0.2, 0.25) is 5.95 Å². The van der Waals surface area contributed by atoms with Crippen LogP contribution in [-0.2, 0) is 4.74 Å². The zero-order valence-corrected chi connectivity index (χ0v) is 20.3. The van der Waals surface area contributed by atoms with Crippen LogP contribution in [0.25, 0.3) is 0 Å². The van der Waals surface area contributed by atoms with Crippen LogP contribution in [0.2, 0.25) is 0 Å². The molecule has 188 valence electrons. The van der Waals surface area contributed by atoms with Gasteiger partial charge in [0, 0.05) is 49.6 Å². The van der Waals surface area contributed by atoms with E-state index in [2.05, 4.69) is 15.2 Å². The maximum absolute atomic E-state index is 14.6. The van der Waals surface area contributed by atoms with Gasteiger partial charge in [0.25, 0.3) is 6.43 Å². The van der Waals surface area contributed by atoms with Crippen LogP contribution in [0, 0.1) is 12.7 Å². The molecule has 2 aromatic rings. The molecule has 1 aromatic heterocycles. The Morgan fingerprint density at radius 1 is 1.21 bits per heavy atom. The molecule has 1 unspecified atom stereocenters. The summed E-state index contributed by atoms with van der Waals surface area (Å²) in [6, 6.07) is 2.84. The molecule has 34 heavy (non-hydrogen) atoms. The molecule has 0 bridgehead atoms. The van der Waals surface area contributed by atoms with E-state index in [1.54, 1.807) is 24.1 Å². The van der Waals surface area contributed by atoms with E-state index < -0.39 is 24.8 Å². The van der Waals surface area contributed by atoms with Gasteiger partial charge in [0.1, 0.15) is 5.82 Å². The molecule has 1 aliphatic heterocycles. The Kier molecular flexibility index (Phi) is 8.96. The lowest BCUT2D eigenvalue weighted by molar-refractivity contribution is 0.0845. The SMILES string of the molecule is CCN(CC(F)F)c1cnc(Nc2cc(F)c(C(C)N)cc2C)nc1N(CC)C1CCOCC1. The summed E-state index contributed by atoms with van der Waals surface area (Å²) in [6.45, 7) is 9.35. The predicted molar refractivity (Wildman–Crippen MR) is 130 cm³/mol. The highest BCUT2D eigenvalue weighted by Gasteiger charge is 2.27. The summed E-state index contributed by atoms with van der Waals surface area (Å²) in [6.07, 6.45) is 0.729. The van der Waals surface area contributed by atoms with E-state index in [-0.39, 0.29) is 12.0 Å². The number of rotatable bonds is 10. The van der Waals surface area contributed by atoms with Crippen LogP contribution in [0.15, 0.2) is 18.3 Å². The van der Waals surface area contributed by atoms with E-state index in [9.17, 15) is 13.2 Å². The lowest BCUT2D eigenvalue weighted by atomic mass is 10.0. The second-order valence-electron chi connectivity index (χ2n) is 8.56. The number of nitrogens with two attached hydrogens (primary N) is 1. The first kappa shape index (κ1) is 26.0. The van der Waals surface area contributed by atoms with Crippen molar-refractivity contribution in [3.05, 3.63) is 35.3 Å². The van der Waals surface area contributed by atoms with E-state index in [0.29, 0.717) is 49.1 Å². The molecule has 0 radical (unpaired) electrons. The van der Waals surface area contributed by atoms with Crippen LogP contribution in [0.1, 0.15) is 50.8 Å². The smallest absolute Gasteiger partial charge is 0.255 e. The third-order valence-corrected chi connectivity index (χ3v) is 6.16. The van der Waals surface area contributed by atoms with E-state index in [1.165, 1.54) is 6.07 Å². The summed E-state index contributed by atoms with van der Waals surface area (Å²) in [5, 5.41) is 3.11. The molecule has 3 N–H and O–H groups in total. The molecule has 0 saturated carbocycles. The molecule has 10 heteroatoms. The summed E-state index contributed by atoms with van der Waals surface area (Å²) in [7, 11) is 0. The van der Waals surface area contributed by atoms with Crippen LogP contribution in [0.3, 0.4) is 0 Å². The quantitative estimate of drug-likeness (QED) is 0.506. The van der Waals surface area contributed by atoms with Crippen molar-refractivity contribution in [2.45, 2.75) is 59.0 Å². The van der Waals surface area contributed by atoms with Crippen LogP contribution in [0.5, 0.6) is 0 Å². The standard InChI is InChI=1S/C24H35F3N6O/c1-5-32(14-22(26)27)21-13-29-24(30-20-12-19(25)18(16(4)28)11-15(20)3)31-23(21)33(6-2)17-7-9-34-10-8-17/h11-13,16-17,22H,5-10,14,28H2,1-4H3,(H,29,30,31). The Hall–Kier alpha value is -2.59. The van der Waals surface area contributed by atoms with Crippen molar-refractivity contribution in [3.63, 3.8) is 0 Å². The number of aryl methyl sites for hydroxylation is 1. The maximum Gasteiger partial charge on any atom is 0.255 e. The fraction of sp³-hybridized carbons (Fsp3) is 0.583. The summed E-state index contributed by atoms with van der Waals surface area (Å²) in [4.78, 5) is 12.9. The number of nitrogens with zero attached hydrogens (tertiary/aromatic N) is 4. The zero-order chi connectivity index (χ0) is 24.8. The molecule has 7 nitrogen and oxygen atoms in total. The maximum atomic E-state index is 14.6. The molecule has 1 aliphatic rings. The molecule has 0 amide bonds. The van der Waals surface area contributed by atoms with E-state index in [0.717, 1.165) is 18.4 Å². The van der Waals surface area contributed by atoms with E-state index in [4.69, 9.17) is 15.5 Å². The van der Waals surface area contributed by atoms with Crippen LogP contribution >= 0.6 is 0 Å². The van der Waals surface area contributed by atoms with Gasteiger partial charge in [-0.05, 0) is 58.2 Å². The highest BCUT2D eigenvalue weighted by molar-refractivity contribution is 5.70. The number of ether oxygens (including phenoxy) is 1. The Labute approximate surface area is 199 Å². The fourth-order valence-corrected chi connectivity index (χ4v) is 4.31. The Morgan fingerprint density at radius 3 is 2.50 bits per heavy atom. The lowest BCUT2D eigenvalue weighted by Gasteiger charge is -2.37. The van der Waals surface area contributed by atoms with Crippen molar-refractivity contribution in [3.8, 4) is 0 Å². The number of anilines is 4. The average molecular weight is 481 g/mol. The van der Waals surface area contributed by atoms with Gasteiger partial charge >= 0.3 is 0 Å². The van der Waals surface area contributed by atoms with Crippen molar-refractivity contribution in [1.82, 2.24) is 9.97 Å². The van der Waals surface area contributed by atoms with Gasteiger partial charge in [-0.15, -0.1) is 0 Å². The van der Waals surface area contributed by atoms with Gasteiger partial charge < -0.3 is 25.6 Å². The molecule has 1 fully saturated rings. The number of hydrogen-bond acceptors (Lipinski definition) is 7. The third kappa shape index (κ3) is 6.09. The van der Waals surface area contributed by atoms with Crippen molar-refractivity contribution < 1.29 is 17.9 Å². The average Bonchev–Trinajstić information content (AvgIpc) is 2.81. The lowest BCUT2D eigenvalue weighted by Crippen LogP contribution is -2.41. The van der Waals surface area contributed by atoms with Gasteiger partial charge in [-0.2, -0.15) is 4.98 Å². The minimum absolute atomic E-state index is 0.176. The summed E-state index contributed by atoms with van der Waals surface area (Å²) < 4.78 is 46.7. The van der Waals surface area contributed by atoms with Crippen molar-refractivity contribution >= 4 is 23.1 Å². The molecule has 1 aromatic carbocycles. The molecular formula is C24H35F3N6O. The molecular weight excluding hydrogens is 445 g/mol. The number of aromatic nitrogens is 2. The molecule has 1 atom stereocenters. The highest BCUT2D eigenvalue weighted by Crippen LogP contribution is 2.33.